The predicted molar refractivity (Wildman–Crippen MR) is 88.2 cm³/mol. The van der Waals surface area contributed by atoms with Crippen LogP contribution in [0.2, 0.25) is 15.1 Å². The molecule has 8 heteroatoms. The number of hydrogen-bond donors (Lipinski definition) is 2. The number of hydrogen-bond acceptors (Lipinski definition) is 3. The minimum absolute atomic E-state index is 0.0892. The van der Waals surface area contributed by atoms with Crippen LogP contribution in [0.4, 0.5) is 0 Å². The van der Waals surface area contributed by atoms with Gasteiger partial charge in [-0.3, -0.25) is 0 Å². The number of benzene rings is 2. The zero-order valence-electron chi connectivity index (χ0n) is 10.3. The number of nitrogens with zero attached hydrogens (tertiary/aromatic N) is 1. The Bertz CT molecular complexity index is 723. The molecule has 0 aliphatic rings. The van der Waals surface area contributed by atoms with Crippen molar-refractivity contribution < 1.29 is 9.94 Å². The van der Waals surface area contributed by atoms with Gasteiger partial charge in [-0.1, -0.05) is 55.9 Å². The maximum atomic E-state index is 8.81. The van der Waals surface area contributed by atoms with Crippen molar-refractivity contribution in [2.24, 2.45) is 10.9 Å². The summed E-state index contributed by atoms with van der Waals surface area (Å²) in [5.74, 6) is 0.560. The Morgan fingerprint density at radius 2 is 1.71 bits per heavy atom. The van der Waals surface area contributed by atoms with E-state index in [9.17, 15) is 0 Å². The van der Waals surface area contributed by atoms with Crippen molar-refractivity contribution in [3.05, 3.63) is 55.4 Å². The molecule has 0 aromatic heterocycles. The lowest BCUT2D eigenvalue weighted by molar-refractivity contribution is 0.318. The number of ether oxygens (including phenoxy) is 1. The lowest BCUT2D eigenvalue weighted by Gasteiger charge is -2.12. The minimum atomic E-state index is -0.0892. The van der Waals surface area contributed by atoms with E-state index in [1.165, 1.54) is 12.1 Å². The van der Waals surface area contributed by atoms with Gasteiger partial charge in [0.05, 0.1) is 20.6 Å². The summed E-state index contributed by atoms with van der Waals surface area (Å²) in [6.45, 7) is 0. The molecule has 0 fully saturated rings. The third kappa shape index (κ3) is 3.74. The third-order valence-corrected chi connectivity index (χ3v) is 4.03. The summed E-state index contributed by atoms with van der Waals surface area (Å²) >= 11 is 21.2. The molecule has 0 radical (unpaired) electrons. The number of rotatable bonds is 3. The largest absolute Gasteiger partial charge is 0.455 e. The van der Waals surface area contributed by atoms with Crippen molar-refractivity contribution in [1.82, 2.24) is 0 Å². The Morgan fingerprint density at radius 3 is 2.38 bits per heavy atom. The Balaban J connectivity index is 2.49. The molecular weight excluding hydrogens is 402 g/mol. The van der Waals surface area contributed by atoms with Crippen molar-refractivity contribution in [3.63, 3.8) is 0 Å². The Labute approximate surface area is 144 Å². The first kappa shape index (κ1) is 16.2. The summed E-state index contributed by atoms with van der Waals surface area (Å²) in [7, 11) is 0. The van der Waals surface area contributed by atoms with E-state index in [2.05, 4.69) is 21.1 Å². The molecule has 0 amide bonds. The Kier molecular flexibility index (Phi) is 5.22. The summed E-state index contributed by atoms with van der Waals surface area (Å²) < 4.78 is 6.46. The number of halogens is 4. The van der Waals surface area contributed by atoms with Gasteiger partial charge in [0.2, 0.25) is 0 Å². The lowest BCUT2D eigenvalue weighted by atomic mass is 10.2. The van der Waals surface area contributed by atoms with Crippen LogP contribution in [0.25, 0.3) is 0 Å². The highest BCUT2D eigenvalue weighted by molar-refractivity contribution is 9.10. The Hall–Kier alpha value is -1.14. The fraction of sp³-hybridized carbons (Fsp3) is 0. The average Bonchev–Trinajstić information content (AvgIpc) is 2.44. The molecule has 4 nitrogen and oxygen atoms in total. The smallest absolute Gasteiger partial charge is 0.173 e. The fourth-order valence-electron chi connectivity index (χ4n) is 1.55. The van der Waals surface area contributed by atoms with Crippen LogP contribution in [0.15, 0.2) is 40.0 Å². The van der Waals surface area contributed by atoms with Gasteiger partial charge in [0.25, 0.3) is 0 Å². The zero-order chi connectivity index (χ0) is 15.6. The van der Waals surface area contributed by atoms with Crippen LogP contribution in [0, 0.1) is 0 Å². The SMILES string of the molecule is N/C(=N/O)c1ccc(Br)cc1Oc1cc(Cl)c(Cl)cc1Cl. The van der Waals surface area contributed by atoms with E-state index in [4.69, 9.17) is 50.5 Å². The van der Waals surface area contributed by atoms with E-state index in [0.717, 1.165) is 4.47 Å². The quantitative estimate of drug-likeness (QED) is 0.237. The molecule has 2 aromatic carbocycles. The van der Waals surface area contributed by atoms with E-state index in [1.807, 2.05) is 0 Å². The monoisotopic (exact) mass is 408 g/mol. The summed E-state index contributed by atoms with van der Waals surface area (Å²) in [5, 5.41) is 12.7. The third-order valence-electron chi connectivity index (χ3n) is 2.52. The van der Waals surface area contributed by atoms with E-state index >= 15 is 0 Å². The molecule has 0 bridgehead atoms. The van der Waals surface area contributed by atoms with Gasteiger partial charge in [-0.25, -0.2) is 0 Å². The molecule has 0 atom stereocenters. The van der Waals surface area contributed by atoms with Gasteiger partial charge in [-0.05, 0) is 24.3 Å². The average molecular weight is 410 g/mol. The Morgan fingerprint density at radius 1 is 1.05 bits per heavy atom. The normalized spacial score (nSPS) is 11.5. The first-order valence-electron chi connectivity index (χ1n) is 5.52. The van der Waals surface area contributed by atoms with Gasteiger partial charge in [-0.15, -0.1) is 0 Å². The summed E-state index contributed by atoms with van der Waals surface area (Å²) in [6, 6.07) is 7.99. The molecule has 3 N–H and O–H groups in total. The van der Waals surface area contributed by atoms with E-state index < -0.39 is 0 Å². The van der Waals surface area contributed by atoms with Crippen LogP contribution < -0.4 is 10.5 Å². The van der Waals surface area contributed by atoms with Gasteiger partial charge >= 0.3 is 0 Å². The standard InChI is InChI=1S/C13H8BrCl3N2O2/c14-6-1-2-7(13(18)19-20)11(3-6)21-12-5-9(16)8(15)4-10(12)17/h1-5,20H,(H2,18,19). The molecule has 0 spiro atoms. The molecule has 0 aliphatic carbocycles. The van der Waals surface area contributed by atoms with Crippen molar-refractivity contribution in [3.8, 4) is 11.5 Å². The molecule has 0 unspecified atom stereocenters. The highest BCUT2D eigenvalue weighted by Gasteiger charge is 2.13. The second-order valence-electron chi connectivity index (χ2n) is 3.92. The number of nitrogens with two attached hydrogens (primary N) is 1. The molecule has 2 aromatic rings. The minimum Gasteiger partial charge on any atom is -0.455 e. The molecule has 0 heterocycles. The second-order valence-corrected chi connectivity index (χ2v) is 6.06. The molecule has 0 saturated heterocycles. The lowest BCUT2D eigenvalue weighted by Crippen LogP contribution is -2.14. The molecule has 2 rings (SSSR count). The van der Waals surface area contributed by atoms with Gasteiger partial charge in [-0.2, -0.15) is 0 Å². The van der Waals surface area contributed by atoms with Crippen LogP contribution in [0.5, 0.6) is 11.5 Å². The molecular formula is C13H8BrCl3N2O2. The topological polar surface area (TPSA) is 67.8 Å². The number of oxime groups is 1. The highest BCUT2D eigenvalue weighted by atomic mass is 79.9. The van der Waals surface area contributed by atoms with Crippen LogP contribution in [0.3, 0.4) is 0 Å². The fourth-order valence-corrected chi connectivity index (χ4v) is 2.46. The second kappa shape index (κ2) is 6.75. The molecule has 21 heavy (non-hydrogen) atoms. The van der Waals surface area contributed by atoms with Gasteiger partial charge in [0, 0.05) is 10.5 Å². The summed E-state index contributed by atoms with van der Waals surface area (Å²) in [4.78, 5) is 0. The van der Waals surface area contributed by atoms with E-state index in [-0.39, 0.29) is 10.9 Å². The predicted octanol–water partition coefficient (Wildman–Crippen LogP) is 5.30. The van der Waals surface area contributed by atoms with Gasteiger partial charge in [0.15, 0.2) is 5.84 Å². The van der Waals surface area contributed by atoms with Crippen LogP contribution in [-0.2, 0) is 0 Å². The van der Waals surface area contributed by atoms with Crippen LogP contribution in [0.1, 0.15) is 5.56 Å². The van der Waals surface area contributed by atoms with Crippen molar-refractivity contribution in [1.29, 1.82) is 0 Å². The van der Waals surface area contributed by atoms with Crippen LogP contribution >= 0.6 is 50.7 Å². The van der Waals surface area contributed by atoms with Crippen LogP contribution in [-0.4, -0.2) is 11.0 Å². The van der Waals surface area contributed by atoms with Gasteiger partial charge in [0.1, 0.15) is 11.5 Å². The molecule has 110 valence electrons. The maximum Gasteiger partial charge on any atom is 0.173 e. The molecule has 0 saturated carbocycles. The van der Waals surface area contributed by atoms with Crippen molar-refractivity contribution in [2.45, 2.75) is 0 Å². The van der Waals surface area contributed by atoms with Crippen molar-refractivity contribution in [2.75, 3.05) is 0 Å². The highest BCUT2D eigenvalue weighted by Crippen LogP contribution is 2.37. The van der Waals surface area contributed by atoms with Crippen molar-refractivity contribution >= 4 is 56.6 Å². The molecule has 0 aliphatic heterocycles. The van der Waals surface area contributed by atoms with Gasteiger partial charge < -0.3 is 15.7 Å². The summed E-state index contributed by atoms with van der Waals surface area (Å²) in [6.07, 6.45) is 0. The maximum absolute atomic E-state index is 8.81. The first-order valence-corrected chi connectivity index (χ1v) is 7.45. The summed E-state index contributed by atoms with van der Waals surface area (Å²) in [5.41, 5.74) is 6.02. The zero-order valence-corrected chi connectivity index (χ0v) is 14.1. The van der Waals surface area contributed by atoms with E-state index in [1.54, 1.807) is 18.2 Å². The first-order chi connectivity index (χ1) is 9.92. The van der Waals surface area contributed by atoms with E-state index in [0.29, 0.717) is 27.1 Å². The number of amidine groups is 1.